The van der Waals surface area contributed by atoms with E-state index in [0.29, 0.717) is 16.0 Å². The highest BCUT2D eigenvalue weighted by atomic mass is 79.9. The highest BCUT2D eigenvalue weighted by molar-refractivity contribution is 9.10. The van der Waals surface area contributed by atoms with Gasteiger partial charge in [-0.15, -0.1) is 0 Å². The molecule has 1 aromatic rings. The van der Waals surface area contributed by atoms with Crippen LogP contribution in [0.4, 0.5) is 0 Å². The second-order valence-corrected chi connectivity index (χ2v) is 5.89. The van der Waals surface area contributed by atoms with Crippen molar-refractivity contribution in [2.75, 3.05) is 13.1 Å². The zero-order valence-electron chi connectivity index (χ0n) is 10.9. The van der Waals surface area contributed by atoms with E-state index in [4.69, 9.17) is 0 Å². The average molecular weight is 327 g/mol. The van der Waals surface area contributed by atoms with Gasteiger partial charge in [-0.25, -0.2) is 0 Å². The fourth-order valence-electron chi connectivity index (χ4n) is 2.37. The van der Waals surface area contributed by atoms with Crippen molar-refractivity contribution in [2.45, 2.75) is 25.8 Å². The van der Waals surface area contributed by atoms with Crippen LogP contribution in [0, 0.1) is 5.92 Å². The molecule has 0 spiro atoms. The van der Waals surface area contributed by atoms with E-state index in [9.17, 15) is 9.90 Å². The van der Waals surface area contributed by atoms with Crippen LogP contribution in [0.3, 0.4) is 0 Å². The molecule has 0 aliphatic carbocycles. The largest absolute Gasteiger partial charge is 0.507 e. The number of rotatable bonds is 3. The van der Waals surface area contributed by atoms with Gasteiger partial charge in [-0.05, 0) is 72.9 Å². The summed E-state index contributed by atoms with van der Waals surface area (Å²) < 4.78 is 0.591. The zero-order valence-corrected chi connectivity index (χ0v) is 12.5. The minimum atomic E-state index is -0.138. The molecule has 2 rings (SSSR count). The second-order valence-electron chi connectivity index (χ2n) is 5.03. The maximum absolute atomic E-state index is 12.1. The van der Waals surface area contributed by atoms with Gasteiger partial charge in [0.05, 0.1) is 4.47 Å². The summed E-state index contributed by atoms with van der Waals surface area (Å²) in [4.78, 5) is 12.1. The molecule has 1 aliphatic heterocycles. The van der Waals surface area contributed by atoms with E-state index in [-0.39, 0.29) is 17.7 Å². The van der Waals surface area contributed by atoms with Crippen molar-refractivity contribution in [3.63, 3.8) is 0 Å². The van der Waals surface area contributed by atoms with Crippen LogP contribution in [-0.4, -0.2) is 30.1 Å². The Bertz CT molecular complexity index is 459. The van der Waals surface area contributed by atoms with Crippen molar-refractivity contribution in [3.05, 3.63) is 28.2 Å². The first-order valence-corrected chi connectivity index (χ1v) is 7.37. The van der Waals surface area contributed by atoms with E-state index in [1.807, 2.05) is 6.92 Å². The Hall–Kier alpha value is -1.07. The molecule has 0 saturated carbocycles. The normalized spacial score (nSPS) is 20.8. The van der Waals surface area contributed by atoms with Crippen LogP contribution in [0.1, 0.15) is 30.1 Å². The first-order valence-electron chi connectivity index (χ1n) is 6.58. The molecule has 2 atom stereocenters. The number of hydrogen-bond acceptors (Lipinski definition) is 3. The third-order valence-corrected chi connectivity index (χ3v) is 4.28. The van der Waals surface area contributed by atoms with Crippen LogP contribution < -0.4 is 10.6 Å². The lowest BCUT2D eigenvalue weighted by molar-refractivity contribution is 0.0921. The Morgan fingerprint density at radius 2 is 2.37 bits per heavy atom. The van der Waals surface area contributed by atoms with E-state index >= 15 is 0 Å². The van der Waals surface area contributed by atoms with Crippen molar-refractivity contribution in [1.29, 1.82) is 0 Å². The molecule has 1 aliphatic rings. The highest BCUT2D eigenvalue weighted by Gasteiger charge is 2.21. The first-order chi connectivity index (χ1) is 9.08. The van der Waals surface area contributed by atoms with Gasteiger partial charge in [0, 0.05) is 11.6 Å². The maximum Gasteiger partial charge on any atom is 0.251 e. The molecule has 2 unspecified atom stereocenters. The number of hydrogen-bond donors (Lipinski definition) is 3. The molecule has 1 amide bonds. The summed E-state index contributed by atoms with van der Waals surface area (Å²) in [5.74, 6) is 0.419. The van der Waals surface area contributed by atoms with Crippen LogP contribution in [-0.2, 0) is 0 Å². The lowest BCUT2D eigenvalue weighted by Gasteiger charge is -2.29. The minimum absolute atomic E-state index is 0.0830. The van der Waals surface area contributed by atoms with Gasteiger partial charge in [-0.3, -0.25) is 4.79 Å². The van der Waals surface area contributed by atoms with Crippen LogP contribution in [0.15, 0.2) is 22.7 Å². The minimum Gasteiger partial charge on any atom is -0.507 e. The molecule has 1 heterocycles. The Kier molecular flexibility index (Phi) is 4.82. The van der Waals surface area contributed by atoms with E-state index in [0.717, 1.165) is 25.9 Å². The van der Waals surface area contributed by atoms with Crippen molar-refractivity contribution < 1.29 is 9.90 Å². The SMILES string of the molecule is CC(NC(=O)c1ccc(Br)c(O)c1)C1CCCNC1. The Labute approximate surface area is 121 Å². The predicted molar refractivity (Wildman–Crippen MR) is 78.3 cm³/mol. The van der Waals surface area contributed by atoms with Gasteiger partial charge in [0.15, 0.2) is 0 Å². The standard InChI is InChI=1S/C14H19BrN2O2/c1-9(11-3-2-6-16-8-11)17-14(19)10-4-5-12(15)13(18)7-10/h4-5,7,9,11,16,18H,2-3,6,8H2,1H3,(H,17,19). The fourth-order valence-corrected chi connectivity index (χ4v) is 2.61. The molecule has 1 saturated heterocycles. The summed E-state index contributed by atoms with van der Waals surface area (Å²) in [6.07, 6.45) is 2.30. The molecule has 1 aromatic carbocycles. The van der Waals surface area contributed by atoms with Crippen molar-refractivity contribution in [1.82, 2.24) is 10.6 Å². The zero-order chi connectivity index (χ0) is 13.8. The van der Waals surface area contributed by atoms with Crippen molar-refractivity contribution in [3.8, 4) is 5.75 Å². The highest BCUT2D eigenvalue weighted by Crippen LogP contribution is 2.24. The van der Waals surface area contributed by atoms with Gasteiger partial charge in [0.25, 0.3) is 5.91 Å². The van der Waals surface area contributed by atoms with Gasteiger partial charge in [-0.1, -0.05) is 0 Å². The summed E-state index contributed by atoms with van der Waals surface area (Å²) in [5, 5.41) is 15.9. The summed E-state index contributed by atoms with van der Waals surface area (Å²) in [6, 6.07) is 4.99. The van der Waals surface area contributed by atoms with Crippen molar-refractivity contribution >= 4 is 21.8 Å². The number of amides is 1. The summed E-state index contributed by atoms with van der Waals surface area (Å²) >= 11 is 3.20. The van der Waals surface area contributed by atoms with E-state index in [1.54, 1.807) is 12.1 Å². The topological polar surface area (TPSA) is 61.4 Å². The number of phenols is 1. The molecular weight excluding hydrogens is 308 g/mol. The number of halogens is 1. The number of piperidine rings is 1. The number of carbonyl (C=O) groups excluding carboxylic acids is 1. The monoisotopic (exact) mass is 326 g/mol. The number of carbonyl (C=O) groups is 1. The summed E-state index contributed by atoms with van der Waals surface area (Å²) in [7, 11) is 0. The molecule has 5 heteroatoms. The van der Waals surface area contributed by atoms with Crippen LogP contribution in [0.5, 0.6) is 5.75 Å². The molecule has 1 fully saturated rings. The van der Waals surface area contributed by atoms with Crippen molar-refractivity contribution in [2.24, 2.45) is 5.92 Å². The van der Waals surface area contributed by atoms with E-state index < -0.39 is 0 Å². The number of aromatic hydroxyl groups is 1. The summed E-state index contributed by atoms with van der Waals surface area (Å²) in [5.41, 5.74) is 0.483. The molecule has 0 aromatic heterocycles. The quantitative estimate of drug-likeness (QED) is 0.798. The second kappa shape index (κ2) is 6.39. The van der Waals surface area contributed by atoms with Gasteiger partial charge in [-0.2, -0.15) is 0 Å². The molecular formula is C14H19BrN2O2. The van der Waals surface area contributed by atoms with E-state index in [2.05, 4.69) is 26.6 Å². The maximum atomic E-state index is 12.1. The lowest BCUT2D eigenvalue weighted by Crippen LogP contribution is -2.44. The third-order valence-electron chi connectivity index (χ3n) is 3.61. The van der Waals surface area contributed by atoms with Gasteiger partial charge < -0.3 is 15.7 Å². The van der Waals surface area contributed by atoms with Crippen LogP contribution >= 0.6 is 15.9 Å². The third kappa shape index (κ3) is 3.70. The molecule has 0 radical (unpaired) electrons. The molecule has 4 nitrogen and oxygen atoms in total. The van der Waals surface area contributed by atoms with Crippen LogP contribution in [0.2, 0.25) is 0 Å². The molecule has 3 N–H and O–H groups in total. The average Bonchev–Trinajstić information content (AvgIpc) is 2.42. The van der Waals surface area contributed by atoms with E-state index in [1.165, 1.54) is 6.07 Å². The number of benzene rings is 1. The number of nitrogens with one attached hydrogen (secondary N) is 2. The summed E-state index contributed by atoms with van der Waals surface area (Å²) in [6.45, 7) is 4.05. The Morgan fingerprint density at radius 1 is 1.58 bits per heavy atom. The molecule has 104 valence electrons. The molecule has 19 heavy (non-hydrogen) atoms. The first kappa shape index (κ1) is 14.3. The van der Waals surface area contributed by atoms with Crippen LogP contribution in [0.25, 0.3) is 0 Å². The molecule has 0 bridgehead atoms. The van der Waals surface area contributed by atoms with Gasteiger partial charge in [0.2, 0.25) is 0 Å². The fraction of sp³-hybridized carbons (Fsp3) is 0.500. The smallest absolute Gasteiger partial charge is 0.251 e. The number of phenolic OH excluding ortho intramolecular Hbond substituents is 1. The Balaban J connectivity index is 1.97. The lowest BCUT2D eigenvalue weighted by atomic mass is 9.92. The van der Waals surface area contributed by atoms with Gasteiger partial charge in [0.1, 0.15) is 5.75 Å². The predicted octanol–water partition coefficient (Wildman–Crippen LogP) is 2.27. The Morgan fingerprint density at radius 3 is 3.00 bits per heavy atom. The van der Waals surface area contributed by atoms with Gasteiger partial charge >= 0.3 is 0 Å².